The summed E-state index contributed by atoms with van der Waals surface area (Å²) >= 11 is 0. The average molecular weight is 584 g/mol. The Balaban J connectivity index is 2.06. The van der Waals surface area contributed by atoms with Gasteiger partial charge in [0, 0.05) is 18.7 Å². The third-order valence-corrected chi connectivity index (χ3v) is 8.39. The van der Waals surface area contributed by atoms with Crippen molar-refractivity contribution >= 4 is 27.5 Å². The number of unbranched alkanes of at least 4 members (excludes halogenated alkanes) is 1. The summed E-state index contributed by atoms with van der Waals surface area (Å²) in [7, 11) is -4.25. The third kappa shape index (κ3) is 8.07. The van der Waals surface area contributed by atoms with E-state index in [1.807, 2.05) is 13.8 Å². The van der Waals surface area contributed by atoms with Crippen molar-refractivity contribution in [2.75, 3.05) is 24.0 Å². The number of para-hydroxylation sites is 2. The van der Waals surface area contributed by atoms with Crippen LogP contribution >= 0.6 is 0 Å². The minimum Gasteiger partial charge on any atom is -0.492 e. The molecule has 2 amide bonds. The summed E-state index contributed by atoms with van der Waals surface area (Å²) in [4.78, 5) is 28.2. The summed E-state index contributed by atoms with van der Waals surface area (Å²) < 4.78 is 49.4. The second kappa shape index (κ2) is 14.6. The van der Waals surface area contributed by atoms with Gasteiger partial charge in [-0.25, -0.2) is 12.8 Å². The summed E-state index contributed by atoms with van der Waals surface area (Å²) in [6.45, 7) is 7.00. The highest BCUT2D eigenvalue weighted by Gasteiger charge is 2.34. The van der Waals surface area contributed by atoms with Gasteiger partial charge in [0.05, 0.1) is 17.2 Å². The van der Waals surface area contributed by atoms with Crippen molar-refractivity contribution in [1.29, 1.82) is 0 Å². The van der Waals surface area contributed by atoms with E-state index in [2.05, 4.69) is 5.32 Å². The second-order valence-corrected chi connectivity index (χ2v) is 11.5. The van der Waals surface area contributed by atoms with Crippen LogP contribution in [0, 0.1) is 12.7 Å². The molecule has 220 valence electrons. The van der Waals surface area contributed by atoms with Gasteiger partial charge in [0.25, 0.3) is 10.0 Å². The number of rotatable bonds is 14. The molecule has 3 rings (SSSR count). The predicted octanol–water partition coefficient (Wildman–Crippen LogP) is 5.06. The fourth-order valence-corrected chi connectivity index (χ4v) is 5.65. The van der Waals surface area contributed by atoms with Crippen LogP contribution in [0.1, 0.15) is 44.7 Å². The summed E-state index contributed by atoms with van der Waals surface area (Å²) in [6.07, 6.45) is 1.63. The first-order valence-electron chi connectivity index (χ1n) is 13.7. The molecule has 0 bridgehead atoms. The van der Waals surface area contributed by atoms with E-state index in [9.17, 15) is 22.4 Å². The van der Waals surface area contributed by atoms with Crippen LogP contribution < -0.4 is 14.4 Å². The summed E-state index contributed by atoms with van der Waals surface area (Å²) in [5.74, 6) is -1.33. The number of benzene rings is 3. The van der Waals surface area contributed by atoms with Crippen LogP contribution in [0.2, 0.25) is 0 Å². The fourth-order valence-electron chi connectivity index (χ4n) is 4.22. The van der Waals surface area contributed by atoms with Crippen molar-refractivity contribution in [3.05, 3.63) is 89.7 Å². The maximum absolute atomic E-state index is 14.7. The van der Waals surface area contributed by atoms with E-state index in [4.69, 9.17) is 4.74 Å². The van der Waals surface area contributed by atoms with E-state index in [0.717, 1.165) is 22.7 Å². The largest absolute Gasteiger partial charge is 0.492 e. The third-order valence-electron chi connectivity index (χ3n) is 6.62. The van der Waals surface area contributed by atoms with E-state index in [-0.39, 0.29) is 35.0 Å². The fraction of sp³-hybridized carbons (Fsp3) is 0.355. The number of amides is 2. The molecule has 0 heterocycles. The van der Waals surface area contributed by atoms with E-state index < -0.39 is 40.2 Å². The van der Waals surface area contributed by atoms with Crippen LogP contribution in [0.4, 0.5) is 10.1 Å². The first kappa shape index (κ1) is 31.6. The molecule has 3 aromatic carbocycles. The molecule has 10 heteroatoms. The van der Waals surface area contributed by atoms with Crippen LogP contribution in [0.3, 0.4) is 0 Å². The summed E-state index contributed by atoms with van der Waals surface area (Å²) in [5, 5.41) is 2.81. The number of aryl methyl sites for hydroxylation is 1. The topological polar surface area (TPSA) is 96.0 Å². The highest BCUT2D eigenvalue weighted by atomic mass is 32.2. The zero-order chi connectivity index (χ0) is 30.0. The molecule has 0 saturated carbocycles. The molecule has 0 radical (unpaired) electrons. The van der Waals surface area contributed by atoms with Gasteiger partial charge < -0.3 is 15.0 Å². The van der Waals surface area contributed by atoms with Gasteiger partial charge in [-0.2, -0.15) is 0 Å². The molecule has 0 unspecified atom stereocenters. The Morgan fingerprint density at radius 1 is 0.976 bits per heavy atom. The number of nitrogens with zero attached hydrogens (tertiary/aromatic N) is 2. The summed E-state index contributed by atoms with van der Waals surface area (Å²) in [6, 6.07) is 17.8. The van der Waals surface area contributed by atoms with Crippen molar-refractivity contribution in [2.45, 2.75) is 58.0 Å². The van der Waals surface area contributed by atoms with Gasteiger partial charge in [-0.3, -0.25) is 13.9 Å². The average Bonchev–Trinajstić information content (AvgIpc) is 2.96. The SMILES string of the molecule is CCCCNC(=O)[C@@H](C)N(Cc1ccccc1F)C(=O)CN(c1ccccc1OCC)S(=O)(=O)c1ccc(C)cc1. The Morgan fingerprint density at radius 3 is 2.29 bits per heavy atom. The molecule has 0 aliphatic rings. The molecule has 0 fully saturated rings. The van der Waals surface area contributed by atoms with E-state index >= 15 is 0 Å². The van der Waals surface area contributed by atoms with E-state index in [0.29, 0.717) is 6.54 Å². The molecule has 0 aromatic heterocycles. The van der Waals surface area contributed by atoms with Crippen molar-refractivity contribution in [2.24, 2.45) is 0 Å². The number of halogens is 1. The number of hydrogen-bond acceptors (Lipinski definition) is 5. The van der Waals surface area contributed by atoms with Gasteiger partial charge in [0.15, 0.2) is 0 Å². The minimum atomic E-state index is -4.25. The normalized spacial score (nSPS) is 11.9. The van der Waals surface area contributed by atoms with Gasteiger partial charge >= 0.3 is 0 Å². The van der Waals surface area contributed by atoms with Crippen molar-refractivity contribution in [1.82, 2.24) is 10.2 Å². The molecule has 8 nitrogen and oxygen atoms in total. The highest BCUT2D eigenvalue weighted by molar-refractivity contribution is 7.92. The highest BCUT2D eigenvalue weighted by Crippen LogP contribution is 2.33. The van der Waals surface area contributed by atoms with E-state index in [1.54, 1.807) is 56.3 Å². The lowest BCUT2D eigenvalue weighted by Gasteiger charge is -2.32. The van der Waals surface area contributed by atoms with Crippen LogP contribution in [0.25, 0.3) is 0 Å². The minimum absolute atomic E-state index is 0.00628. The van der Waals surface area contributed by atoms with Crippen LogP contribution in [-0.4, -0.2) is 50.9 Å². The Hall–Kier alpha value is -3.92. The Labute approximate surface area is 242 Å². The molecule has 1 atom stereocenters. The van der Waals surface area contributed by atoms with Crippen LogP contribution in [0.15, 0.2) is 77.7 Å². The van der Waals surface area contributed by atoms with Crippen LogP contribution in [0.5, 0.6) is 5.75 Å². The van der Waals surface area contributed by atoms with Gasteiger partial charge in [-0.1, -0.05) is 61.4 Å². The lowest BCUT2D eigenvalue weighted by molar-refractivity contribution is -0.139. The van der Waals surface area contributed by atoms with Gasteiger partial charge in [-0.05, 0) is 57.5 Å². The molecule has 41 heavy (non-hydrogen) atoms. The number of ether oxygens (including phenoxy) is 1. The Kier molecular flexibility index (Phi) is 11.3. The zero-order valence-electron chi connectivity index (χ0n) is 24.0. The molecule has 0 saturated heterocycles. The first-order chi connectivity index (χ1) is 19.6. The standard InChI is InChI=1S/C31H38FN3O5S/c1-5-7-20-33-31(37)24(4)34(21-25-12-8-9-13-27(25)32)30(36)22-35(28-14-10-11-15-29(28)40-6-2)41(38,39)26-18-16-23(3)17-19-26/h8-19,24H,5-7,20-22H2,1-4H3,(H,33,37)/t24-/m1/s1. The maximum Gasteiger partial charge on any atom is 0.264 e. The van der Waals surface area contributed by atoms with Crippen molar-refractivity contribution in [3.63, 3.8) is 0 Å². The van der Waals surface area contributed by atoms with Gasteiger partial charge in [-0.15, -0.1) is 0 Å². The molecular weight excluding hydrogens is 545 g/mol. The maximum atomic E-state index is 14.7. The van der Waals surface area contributed by atoms with Gasteiger partial charge in [0.2, 0.25) is 11.8 Å². The molecule has 3 aromatic rings. The number of nitrogens with one attached hydrogen (secondary N) is 1. The lowest BCUT2D eigenvalue weighted by atomic mass is 10.1. The van der Waals surface area contributed by atoms with Crippen LogP contribution in [-0.2, 0) is 26.2 Å². The number of carbonyl (C=O) groups excluding carboxylic acids is 2. The monoisotopic (exact) mass is 583 g/mol. The predicted molar refractivity (Wildman–Crippen MR) is 158 cm³/mol. The van der Waals surface area contributed by atoms with Gasteiger partial charge in [0.1, 0.15) is 24.2 Å². The Morgan fingerprint density at radius 2 is 1.63 bits per heavy atom. The molecule has 0 aliphatic heterocycles. The smallest absolute Gasteiger partial charge is 0.264 e. The quantitative estimate of drug-likeness (QED) is 0.268. The van der Waals surface area contributed by atoms with E-state index in [1.165, 1.54) is 35.2 Å². The Bertz CT molecular complexity index is 1430. The summed E-state index contributed by atoms with van der Waals surface area (Å²) in [5.41, 5.74) is 1.26. The first-order valence-corrected chi connectivity index (χ1v) is 15.2. The lowest BCUT2D eigenvalue weighted by Crippen LogP contribution is -2.51. The number of sulfonamides is 1. The molecular formula is C31H38FN3O5S. The molecule has 0 aliphatic carbocycles. The number of carbonyl (C=O) groups is 2. The number of anilines is 1. The molecule has 0 spiro atoms. The van der Waals surface area contributed by atoms with Crippen molar-refractivity contribution in [3.8, 4) is 5.75 Å². The number of hydrogen-bond donors (Lipinski definition) is 1. The van der Waals surface area contributed by atoms with Crippen molar-refractivity contribution < 1.29 is 27.1 Å². The molecule has 1 N–H and O–H groups in total. The second-order valence-electron chi connectivity index (χ2n) is 9.66. The zero-order valence-corrected chi connectivity index (χ0v) is 24.8.